The van der Waals surface area contributed by atoms with E-state index in [0.29, 0.717) is 6.61 Å². The molecule has 90 valence electrons. The van der Waals surface area contributed by atoms with E-state index in [2.05, 4.69) is 0 Å². The molecule has 0 saturated carbocycles. The number of aliphatic hydroxyl groups excluding tert-OH is 1. The Morgan fingerprint density at radius 3 is 2.13 bits per heavy atom. The van der Waals surface area contributed by atoms with Gasteiger partial charge in [-0.25, -0.2) is 0 Å². The molecule has 0 aromatic heterocycles. The fourth-order valence-electron chi connectivity index (χ4n) is 0.850. The van der Waals surface area contributed by atoms with Gasteiger partial charge in [-0.2, -0.15) is 0 Å². The first-order chi connectivity index (χ1) is 6.75. The van der Waals surface area contributed by atoms with E-state index < -0.39 is 11.4 Å². The average molecular weight is 218 g/mol. The Morgan fingerprint density at radius 1 is 1.27 bits per heavy atom. The van der Waals surface area contributed by atoms with E-state index in [4.69, 9.17) is 9.47 Å². The predicted octanol–water partition coefficient (Wildman–Crippen LogP) is 1.36. The lowest BCUT2D eigenvalue weighted by Gasteiger charge is -2.29. The zero-order chi connectivity index (χ0) is 12.1. The minimum atomic E-state index is -0.969. The summed E-state index contributed by atoms with van der Waals surface area (Å²) < 4.78 is 10.4. The van der Waals surface area contributed by atoms with E-state index in [1.807, 2.05) is 20.8 Å². The van der Waals surface area contributed by atoms with Crippen LogP contribution in [0.4, 0.5) is 0 Å². The number of hydrogen-bond acceptors (Lipinski definition) is 4. The molecule has 0 heterocycles. The first-order valence-electron chi connectivity index (χ1n) is 5.17. The standard InChI is InChI=1S/C11H22O4/c1-6-14-9(13)11(5,7-12)8-15-10(2,3)4/h12H,6-8H2,1-5H3/t11-/m0/s1. The van der Waals surface area contributed by atoms with Crippen molar-refractivity contribution in [2.24, 2.45) is 5.41 Å². The summed E-state index contributed by atoms with van der Waals surface area (Å²) in [5, 5.41) is 9.20. The van der Waals surface area contributed by atoms with Gasteiger partial charge in [0.2, 0.25) is 0 Å². The van der Waals surface area contributed by atoms with Crippen LogP contribution in [-0.2, 0) is 14.3 Å². The van der Waals surface area contributed by atoms with Gasteiger partial charge in [-0.15, -0.1) is 0 Å². The smallest absolute Gasteiger partial charge is 0.316 e. The van der Waals surface area contributed by atoms with Gasteiger partial charge in [-0.3, -0.25) is 4.79 Å². The highest BCUT2D eigenvalue weighted by molar-refractivity contribution is 5.76. The Bertz CT molecular complexity index is 207. The number of ether oxygens (including phenoxy) is 2. The second-order valence-electron chi connectivity index (χ2n) is 4.84. The Hall–Kier alpha value is -0.610. The highest BCUT2D eigenvalue weighted by atomic mass is 16.5. The average Bonchev–Trinajstić information content (AvgIpc) is 2.13. The minimum Gasteiger partial charge on any atom is -0.465 e. The third-order valence-electron chi connectivity index (χ3n) is 1.94. The van der Waals surface area contributed by atoms with E-state index in [-0.39, 0.29) is 18.8 Å². The van der Waals surface area contributed by atoms with Gasteiger partial charge in [0, 0.05) is 0 Å². The summed E-state index contributed by atoms with van der Waals surface area (Å²) in [4.78, 5) is 11.6. The lowest BCUT2D eigenvalue weighted by molar-refractivity contribution is -0.165. The Labute approximate surface area is 91.6 Å². The molecule has 1 N–H and O–H groups in total. The van der Waals surface area contributed by atoms with Gasteiger partial charge in [0.15, 0.2) is 0 Å². The maximum atomic E-state index is 11.6. The number of aliphatic hydroxyl groups is 1. The third kappa shape index (κ3) is 5.14. The quantitative estimate of drug-likeness (QED) is 0.708. The highest BCUT2D eigenvalue weighted by Gasteiger charge is 2.35. The van der Waals surface area contributed by atoms with Crippen molar-refractivity contribution in [3.8, 4) is 0 Å². The lowest BCUT2D eigenvalue weighted by atomic mass is 9.93. The summed E-state index contributed by atoms with van der Waals surface area (Å²) in [7, 11) is 0. The first-order valence-corrected chi connectivity index (χ1v) is 5.17. The highest BCUT2D eigenvalue weighted by Crippen LogP contribution is 2.21. The van der Waals surface area contributed by atoms with Gasteiger partial charge >= 0.3 is 5.97 Å². The summed E-state index contributed by atoms with van der Waals surface area (Å²) in [6.45, 7) is 9.26. The van der Waals surface area contributed by atoms with Crippen LogP contribution in [0.15, 0.2) is 0 Å². The van der Waals surface area contributed by atoms with Crippen molar-refractivity contribution in [2.45, 2.75) is 40.2 Å². The lowest BCUT2D eigenvalue weighted by Crippen LogP contribution is -2.40. The minimum absolute atomic E-state index is 0.159. The molecule has 0 fully saturated rings. The van der Waals surface area contributed by atoms with Crippen LogP contribution in [0.5, 0.6) is 0 Å². The molecule has 0 bridgehead atoms. The van der Waals surface area contributed by atoms with Gasteiger partial charge in [-0.1, -0.05) is 0 Å². The molecule has 0 aliphatic carbocycles. The first kappa shape index (κ1) is 14.4. The summed E-state index contributed by atoms with van der Waals surface area (Å²) >= 11 is 0. The molecule has 0 radical (unpaired) electrons. The summed E-state index contributed by atoms with van der Waals surface area (Å²) in [5.74, 6) is -0.420. The Balaban J connectivity index is 4.37. The molecular weight excluding hydrogens is 196 g/mol. The molecule has 4 nitrogen and oxygen atoms in total. The molecule has 0 aromatic carbocycles. The van der Waals surface area contributed by atoms with E-state index in [9.17, 15) is 9.90 Å². The monoisotopic (exact) mass is 218 g/mol. The SMILES string of the molecule is CCOC(=O)[C@@](C)(CO)COC(C)(C)C. The van der Waals surface area contributed by atoms with Crippen LogP contribution in [0.1, 0.15) is 34.6 Å². The maximum Gasteiger partial charge on any atom is 0.316 e. The topological polar surface area (TPSA) is 55.8 Å². The zero-order valence-corrected chi connectivity index (χ0v) is 10.3. The molecule has 0 unspecified atom stereocenters. The fourth-order valence-corrected chi connectivity index (χ4v) is 0.850. The van der Waals surface area contributed by atoms with Crippen LogP contribution in [0.25, 0.3) is 0 Å². The molecule has 0 spiro atoms. The van der Waals surface area contributed by atoms with Gasteiger partial charge in [-0.05, 0) is 34.6 Å². The van der Waals surface area contributed by atoms with E-state index in [1.54, 1.807) is 13.8 Å². The fraction of sp³-hybridized carbons (Fsp3) is 0.909. The van der Waals surface area contributed by atoms with Crippen LogP contribution in [0.3, 0.4) is 0 Å². The summed E-state index contributed by atoms with van der Waals surface area (Å²) in [6.07, 6.45) is 0. The van der Waals surface area contributed by atoms with E-state index in [0.717, 1.165) is 0 Å². The molecule has 0 amide bonds. The van der Waals surface area contributed by atoms with Crippen LogP contribution in [-0.4, -0.2) is 36.5 Å². The van der Waals surface area contributed by atoms with Crippen molar-refractivity contribution < 1.29 is 19.4 Å². The van der Waals surface area contributed by atoms with E-state index >= 15 is 0 Å². The van der Waals surface area contributed by atoms with Gasteiger partial charge in [0.05, 0.1) is 25.4 Å². The Morgan fingerprint density at radius 2 is 1.80 bits per heavy atom. The van der Waals surface area contributed by atoms with Gasteiger partial charge in [0.1, 0.15) is 5.41 Å². The molecule has 0 rings (SSSR count). The predicted molar refractivity (Wildman–Crippen MR) is 57.5 cm³/mol. The number of hydrogen-bond donors (Lipinski definition) is 1. The third-order valence-corrected chi connectivity index (χ3v) is 1.94. The van der Waals surface area contributed by atoms with Crippen LogP contribution >= 0.6 is 0 Å². The second kappa shape index (κ2) is 5.47. The van der Waals surface area contributed by atoms with Crippen molar-refractivity contribution in [2.75, 3.05) is 19.8 Å². The number of carbonyl (C=O) groups excluding carboxylic acids is 1. The Kier molecular flexibility index (Phi) is 5.24. The molecule has 1 atom stereocenters. The second-order valence-corrected chi connectivity index (χ2v) is 4.84. The van der Waals surface area contributed by atoms with Crippen LogP contribution in [0.2, 0.25) is 0 Å². The molecule has 15 heavy (non-hydrogen) atoms. The molecular formula is C11H22O4. The molecule has 0 aromatic rings. The van der Waals surface area contributed by atoms with Gasteiger partial charge < -0.3 is 14.6 Å². The maximum absolute atomic E-state index is 11.6. The molecule has 0 saturated heterocycles. The zero-order valence-electron chi connectivity index (χ0n) is 10.3. The van der Waals surface area contributed by atoms with Crippen molar-refractivity contribution in [1.29, 1.82) is 0 Å². The largest absolute Gasteiger partial charge is 0.465 e. The van der Waals surface area contributed by atoms with Crippen molar-refractivity contribution >= 4 is 5.97 Å². The number of esters is 1. The van der Waals surface area contributed by atoms with Crippen molar-refractivity contribution in [3.63, 3.8) is 0 Å². The van der Waals surface area contributed by atoms with Crippen molar-refractivity contribution in [1.82, 2.24) is 0 Å². The van der Waals surface area contributed by atoms with Gasteiger partial charge in [0.25, 0.3) is 0 Å². The summed E-state index contributed by atoms with van der Waals surface area (Å²) in [6, 6.07) is 0. The normalized spacial score (nSPS) is 15.9. The molecule has 4 heteroatoms. The number of rotatable bonds is 5. The molecule has 0 aliphatic heterocycles. The van der Waals surface area contributed by atoms with Crippen LogP contribution < -0.4 is 0 Å². The van der Waals surface area contributed by atoms with Crippen molar-refractivity contribution in [3.05, 3.63) is 0 Å². The van der Waals surface area contributed by atoms with E-state index in [1.165, 1.54) is 0 Å². The van der Waals surface area contributed by atoms with Crippen LogP contribution in [0, 0.1) is 5.41 Å². The number of carbonyl (C=O) groups is 1. The summed E-state index contributed by atoms with van der Waals surface area (Å²) in [5.41, 5.74) is -1.30. The molecule has 0 aliphatic rings.